The zero-order valence-corrected chi connectivity index (χ0v) is 15.2. The number of amides is 1. The molecule has 4 N–H and O–H groups in total. The third-order valence-corrected chi connectivity index (χ3v) is 5.16. The second-order valence-electron chi connectivity index (χ2n) is 6.86. The van der Waals surface area contributed by atoms with Crippen LogP contribution in [0, 0.1) is 0 Å². The molecule has 4 rings (SSSR count). The molecule has 1 aliphatic rings. The van der Waals surface area contributed by atoms with Crippen molar-refractivity contribution in [3.8, 4) is 0 Å². The molecule has 146 valence electrons. The Morgan fingerprint density at radius 3 is 2.82 bits per heavy atom. The Labute approximate surface area is 161 Å². The van der Waals surface area contributed by atoms with Gasteiger partial charge in [0, 0.05) is 53.7 Å². The van der Waals surface area contributed by atoms with E-state index in [9.17, 15) is 20.1 Å². The molecule has 1 aromatic carbocycles. The van der Waals surface area contributed by atoms with E-state index in [2.05, 4.69) is 9.97 Å². The minimum atomic E-state index is -1.20. The number of benzene rings is 1. The van der Waals surface area contributed by atoms with Crippen LogP contribution in [0.1, 0.15) is 12.0 Å². The van der Waals surface area contributed by atoms with Crippen molar-refractivity contribution in [3.05, 3.63) is 60.5 Å². The van der Waals surface area contributed by atoms with Gasteiger partial charge in [0.25, 0.3) is 5.91 Å². The third kappa shape index (κ3) is 3.06. The van der Waals surface area contributed by atoms with Gasteiger partial charge in [-0.1, -0.05) is 18.2 Å². The Balaban J connectivity index is 1.65. The number of aliphatic hydroxyl groups excluding tert-OH is 3. The lowest BCUT2D eigenvalue weighted by Gasteiger charge is -2.29. The lowest BCUT2D eigenvalue weighted by molar-refractivity contribution is -0.131. The van der Waals surface area contributed by atoms with Crippen molar-refractivity contribution in [2.75, 3.05) is 13.2 Å². The highest BCUT2D eigenvalue weighted by Crippen LogP contribution is 2.37. The number of hydrogen-bond acceptors (Lipinski definition) is 5. The van der Waals surface area contributed by atoms with Crippen LogP contribution in [0.5, 0.6) is 0 Å². The lowest BCUT2D eigenvalue weighted by atomic mass is 9.95. The maximum atomic E-state index is 12.8. The van der Waals surface area contributed by atoms with Gasteiger partial charge in [-0.25, -0.2) is 4.98 Å². The average molecular weight is 382 g/mol. The van der Waals surface area contributed by atoms with Gasteiger partial charge in [-0.3, -0.25) is 4.79 Å². The number of fused-ring (bicyclic) bond motifs is 1. The summed E-state index contributed by atoms with van der Waals surface area (Å²) >= 11 is 0. The van der Waals surface area contributed by atoms with E-state index in [-0.39, 0.29) is 5.76 Å². The molecule has 0 radical (unpaired) electrons. The Bertz CT molecular complexity index is 1010. The molecule has 1 aliphatic heterocycles. The number of imidazole rings is 1. The largest absolute Gasteiger partial charge is 0.503 e. The van der Waals surface area contributed by atoms with Crippen LogP contribution in [0.3, 0.4) is 0 Å². The molecule has 2 atom stereocenters. The summed E-state index contributed by atoms with van der Waals surface area (Å²) in [5.74, 6) is -0.923. The molecule has 2 aromatic heterocycles. The van der Waals surface area contributed by atoms with Gasteiger partial charge >= 0.3 is 0 Å². The molecule has 1 amide bonds. The minimum absolute atomic E-state index is 0.328. The maximum Gasteiger partial charge on any atom is 0.289 e. The van der Waals surface area contributed by atoms with Crippen LogP contribution in [0.15, 0.2) is 54.9 Å². The van der Waals surface area contributed by atoms with Crippen molar-refractivity contribution in [2.45, 2.75) is 25.1 Å². The topological polar surface area (TPSA) is 115 Å². The second-order valence-corrected chi connectivity index (χ2v) is 6.86. The fourth-order valence-electron chi connectivity index (χ4n) is 3.84. The van der Waals surface area contributed by atoms with Crippen LogP contribution in [-0.4, -0.2) is 66.0 Å². The number of hydrogen-bond donors (Lipinski definition) is 4. The van der Waals surface area contributed by atoms with E-state index >= 15 is 0 Å². The normalized spacial score (nSPS) is 18.4. The first kappa shape index (κ1) is 18.3. The number of aryl methyl sites for hydroxylation is 1. The predicted octanol–water partition coefficient (Wildman–Crippen LogP) is 1.29. The number of carbonyl (C=O) groups excluding carboxylic acids is 1. The molecule has 2 unspecified atom stereocenters. The molecule has 0 saturated carbocycles. The Morgan fingerprint density at radius 2 is 2.07 bits per heavy atom. The number of para-hydroxylation sites is 1. The number of carbonyl (C=O) groups is 1. The number of aliphatic hydroxyl groups is 3. The fourth-order valence-corrected chi connectivity index (χ4v) is 3.84. The van der Waals surface area contributed by atoms with Gasteiger partial charge in [-0.2, -0.15) is 0 Å². The highest BCUT2D eigenvalue weighted by molar-refractivity contribution is 6.08. The summed E-state index contributed by atoms with van der Waals surface area (Å²) in [5.41, 5.74) is 1.85. The molecule has 3 heterocycles. The van der Waals surface area contributed by atoms with E-state index in [4.69, 9.17) is 0 Å². The van der Waals surface area contributed by atoms with Crippen molar-refractivity contribution >= 4 is 22.4 Å². The van der Waals surface area contributed by atoms with Crippen LogP contribution in [0.25, 0.3) is 16.5 Å². The monoisotopic (exact) mass is 382 g/mol. The maximum absolute atomic E-state index is 12.8. The van der Waals surface area contributed by atoms with E-state index < -0.39 is 24.7 Å². The molecular weight excluding hydrogens is 360 g/mol. The molecule has 0 bridgehead atoms. The van der Waals surface area contributed by atoms with Crippen molar-refractivity contribution in [1.82, 2.24) is 19.4 Å². The zero-order chi connectivity index (χ0) is 19.7. The van der Waals surface area contributed by atoms with Crippen molar-refractivity contribution in [1.29, 1.82) is 0 Å². The third-order valence-electron chi connectivity index (χ3n) is 5.16. The minimum Gasteiger partial charge on any atom is -0.503 e. The van der Waals surface area contributed by atoms with E-state index in [1.165, 1.54) is 4.90 Å². The van der Waals surface area contributed by atoms with Gasteiger partial charge in [-0.15, -0.1) is 0 Å². The van der Waals surface area contributed by atoms with E-state index in [0.717, 1.165) is 10.9 Å². The molecule has 0 aliphatic carbocycles. The summed E-state index contributed by atoms with van der Waals surface area (Å²) in [6.07, 6.45) is 6.34. The van der Waals surface area contributed by atoms with Crippen LogP contribution >= 0.6 is 0 Å². The molecule has 3 aromatic rings. The lowest BCUT2D eigenvalue weighted by Crippen LogP contribution is -2.45. The fraction of sp³-hybridized carbons (Fsp3) is 0.300. The van der Waals surface area contributed by atoms with Crippen molar-refractivity contribution < 1.29 is 20.1 Å². The summed E-state index contributed by atoms with van der Waals surface area (Å²) in [6, 6.07) is 6.72. The van der Waals surface area contributed by atoms with Crippen LogP contribution < -0.4 is 0 Å². The second kappa shape index (κ2) is 7.49. The van der Waals surface area contributed by atoms with Gasteiger partial charge in [0.2, 0.25) is 0 Å². The van der Waals surface area contributed by atoms with Gasteiger partial charge in [0.15, 0.2) is 5.76 Å². The number of rotatable bonds is 7. The van der Waals surface area contributed by atoms with Crippen LogP contribution in [-0.2, 0) is 11.3 Å². The smallest absolute Gasteiger partial charge is 0.289 e. The molecule has 8 nitrogen and oxygen atoms in total. The number of aromatic amines is 1. The van der Waals surface area contributed by atoms with E-state index in [0.29, 0.717) is 30.6 Å². The van der Waals surface area contributed by atoms with Gasteiger partial charge in [-0.05, 0) is 12.5 Å². The van der Waals surface area contributed by atoms with Crippen molar-refractivity contribution in [3.63, 3.8) is 0 Å². The first-order chi connectivity index (χ1) is 13.6. The number of aromatic nitrogens is 3. The highest BCUT2D eigenvalue weighted by atomic mass is 16.3. The quantitative estimate of drug-likeness (QED) is 0.492. The van der Waals surface area contributed by atoms with Gasteiger partial charge < -0.3 is 29.8 Å². The molecule has 0 saturated heterocycles. The van der Waals surface area contributed by atoms with E-state index in [1.807, 2.05) is 35.0 Å². The first-order valence-electron chi connectivity index (χ1n) is 9.17. The Morgan fingerprint density at radius 1 is 1.25 bits per heavy atom. The summed E-state index contributed by atoms with van der Waals surface area (Å²) in [6.45, 7) is 0.457. The average Bonchev–Trinajstić information content (AvgIpc) is 3.42. The van der Waals surface area contributed by atoms with E-state index in [1.54, 1.807) is 18.7 Å². The zero-order valence-electron chi connectivity index (χ0n) is 15.2. The molecule has 0 fully saturated rings. The standard InChI is InChI=1S/C20H22N4O4/c25-11-16(26)18-17(14-10-22-15-5-2-1-4-13(14)15)19(27)20(28)24(18)8-3-7-23-9-6-21-12-23/h1-2,4-6,9-10,12,16,18,22,25-27H,3,7-8,11H2. The predicted molar refractivity (Wildman–Crippen MR) is 103 cm³/mol. The number of nitrogens with one attached hydrogen (secondary N) is 1. The van der Waals surface area contributed by atoms with Gasteiger partial charge in [0.05, 0.1) is 19.0 Å². The Kier molecular flexibility index (Phi) is 4.89. The van der Waals surface area contributed by atoms with Gasteiger partial charge in [0.1, 0.15) is 6.10 Å². The summed E-state index contributed by atoms with van der Waals surface area (Å²) in [7, 11) is 0. The summed E-state index contributed by atoms with van der Waals surface area (Å²) in [4.78, 5) is 21.3. The number of nitrogens with zero attached hydrogens (tertiary/aromatic N) is 3. The SMILES string of the molecule is O=C1C(O)=C(c2c[nH]c3ccccc23)C(C(O)CO)N1CCCn1ccnc1. The summed E-state index contributed by atoms with van der Waals surface area (Å²) < 4.78 is 1.89. The summed E-state index contributed by atoms with van der Waals surface area (Å²) in [5, 5.41) is 31.5. The molecule has 8 heteroatoms. The number of H-pyrrole nitrogens is 1. The van der Waals surface area contributed by atoms with Crippen LogP contribution in [0.4, 0.5) is 0 Å². The molecule has 28 heavy (non-hydrogen) atoms. The molecule has 0 spiro atoms. The van der Waals surface area contributed by atoms with Crippen molar-refractivity contribution in [2.24, 2.45) is 0 Å². The molecular formula is C20H22N4O4. The highest BCUT2D eigenvalue weighted by Gasteiger charge is 2.44. The Hall–Kier alpha value is -3.10. The van der Waals surface area contributed by atoms with Crippen LogP contribution in [0.2, 0.25) is 0 Å². The first-order valence-corrected chi connectivity index (χ1v) is 9.17.